The molecule has 0 bridgehead atoms. The second-order valence-electron chi connectivity index (χ2n) is 7.92. The maximum absolute atomic E-state index is 12.8. The Morgan fingerprint density at radius 3 is 2.45 bits per heavy atom. The van der Waals surface area contributed by atoms with Gasteiger partial charge in [-0.15, -0.1) is 24.9 Å². The van der Waals surface area contributed by atoms with Gasteiger partial charge in [-0.05, 0) is 31.0 Å². The lowest BCUT2D eigenvalue weighted by molar-refractivity contribution is -0.274. The highest BCUT2D eigenvalue weighted by atomic mass is 32.2. The first kappa shape index (κ1) is 25.0. The van der Waals surface area contributed by atoms with Gasteiger partial charge in [0.2, 0.25) is 5.91 Å². The summed E-state index contributed by atoms with van der Waals surface area (Å²) in [5.74, 6) is -0.572. The first-order valence-electron chi connectivity index (χ1n) is 10.8. The Labute approximate surface area is 195 Å². The van der Waals surface area contributed by atoms with E-state index >= 15 is 0 Å². The fourth-order valence-electron chi connectivity index (χ4n) is 3.84. The van der Waals surface area contributed by atoms with E-state index in [1.54, 1.807) is 30.3 Å². The number of carbonyl (C=O) groups is 2. The Morgan fingerprint density at radius 1 is 1.06 bits per heavy atom. The zero-order valence-electron chi connectivity index (χ0n) is 18.4. The zero-order valence-corrected chi connectivity index (χ0v) is 19.2. The second kappa shape index (κ2) is 11.4. The smallest absolute Gasteiger partial charge is 0.405 e. The van der Waals surface area contributed by atoms with E-state index in [4.69, 9.17) is 0 Å². The number of hydrogen-bond donors (Lipinski definition) is 1. The monoisotopic (exact) mass is 480 g/mol. The summed E-state index contributed by atoms with van der Waals surface area (Å²) in [5, 5.41) is 2.65. The van der Waals surface area contributed by atoms with Crippen LogP contribution >= 0.6 is 11.8 Å². The summed E-state index contributed by atoms with van der Waals surface area (Å²) in [7, 11) is 1.83. The number of alkyl halides is 3. The largest absolute Gasteiger partial charge is 0.573 e. The van der Waals surface area contributed by atoms with Crippen LogP contribution in [-0.4, -0.2) is 41.9 Å². The van der Waals surface area contributed by atoms with Crippen LogP contribution in [0.3, 0.4) is 0 Å². The molecule has 0 unspecified atom stereocenters. The first-order valence-corrected chi connectivity index (χ1v) is 11.8. The molecule has 5 nitrogen and oxygen atoms in total. The van der Waals surface area contributed by atoms with Gasteiger partial charge in [0.05, 0.1) is 11.3 Å². The lowest BCUT2D eigenvalue weighted by Gasteiger charge is -2.31. The third-order valence-corrected chi connectivity index (χ3v) is 6.69. The third kappa shape index (κ3) is 7.42. The minimum Gasteiger partial charge on any atom is -0.405 e. The molecule has 1 aliphatic rings. The maximum atomic E-state index is 12.8. The van der Waals surface area contributed by atoms with Crippen molar-refractivity contribution < 1.29 is 27.5 Å². The summed E-state index contributed by atoms with van der Waals surface area (Å²) in [4.78, 5) is 27.9. The van der Waals surface area contributed by atoms with Gasteiger partial charge in [0.1, 0.15) is 5.75 Å². The molecule has 1 saturated carbocycles. The van der Waals surface area contributed by atoms with Gasteiger partial charge in [-0.1, -0.05) is 49.6 Å². The highest BCUT2D eigenvalue weighted by Crippen LogP contribution is 2.28. The van der Waals surface area contributed by atoms with Crippen LogP contribution in [0.4, 0.5) is 13.2 Å². The van der Waals surface area contributed by atoms with E-state index in [0.29, 0.717) is 10.5 Å². The number of nitrogens with zero attached hydrogens (tertiary/aromatic N) is 1. The molecular weight excluding hydrogens is 453 g/mol. The van der Waals surface area contributed by atoms with Crippen molar-refractivity contribution in [1.82, 2.24) is 10.2 Å². The molecule has 0 aromatic heterocycles. The van der Waals surface area contributed by atoms with Crippen molar-refractivity contribution in [2.45, 2.75) is 55.9 Å². The Hall–Kier alpha value is -2.68. The summed E-state index contributed by atoms with van der Waals surface area (Å²) in [6.45, 7) is -0.132. The van der Waals surface area contributed by atoms with Gasteiger partial charge < -0.3 is 15.0 Å². The lowest BCUT2D eigenvalue weighted by Crippen LogP contribution is -2.39. The van der Waals surface area contributed by atoms with Crippen molar-refractivity contribution in [3.05, 3.63) is 59.7 Å². The van der Waals surface area contributed by atoms with Crippen LogP contribution in [0.5, 0.6) is 5.75 Å². The molecule has 0 heterocycles. The van der Waals surface area contributed by atoms with Crippen LogP contribution in [0.25, 0.3) is 0 Å². The van der Waals surface area contributed by atoms with Gasteiger partial charge in [0.15, 0.2) is 0 Å². The molecule has 0 saturated heterocycles. The third-order valence-electron chi connectivity index (χ3n) is 5.64. The van der Waals surface area contributed by atoms with Crippen molar-refractivity contribution in [2.24, 2.45) is 0 Å². The number of thioether (sulfide) groups is 1. The van der Waals surface area contributed by atoms with Crippen molar-refractivity contribution in [1.29, 1.82) is 0 Å². The van der Waals surface area contributed by atoms with Gasteiger partial charge >= 0.3 is 6.36 Å². The Morgan fingerprint density at radius 2 is 1.73 bits per heavy atom. The Kier molecular flexibility index (Phi) is 8.66. The quantitative estimate of drug-likeness (QED) is 0.514. The van der Waals surface area contributed by atoms with E-state index in [2.05, 4.69) is 10.1 Å². The number of ether oxygens (including phenoxy) is 1. The number of carbonyl (C=O) groups excluding carboxylic acids is 2. The number of nitrogens with one attached hydrogen (secondary N) is 1. The van der Waals surface area contributed by atoms with E-state index in [1.807, 2.05) is 11.9 Å². The Balaban J connectivity index is 1.61. The SMILES string of the molecule is CN(C(=O)CSc1ccccc1C(=O)NCc1ccccc1OC(F)(F)F)C1CCCCC1. The van der Waals surface area contributed by atoms with Crippen molar-refractivity contribution >= 4 is 23.6 Å². The van der Waals surface area contributed by atoms with E-state index in [0.717, 1.165) is 25.7 Å². The van der Waals surface area contributed by atoms with Gasteiger partial charge in [-0.3, -0.25) is 9.59 Å². The molecule has 3 rings (SSSR count). The molecule has 33 heavy (non-hydrogen) atoms. The minimum atomic E-state index is -4.82. The molecule has 0 atom stereocenters. The molecule has 9 heteroatoms. The number of amides is 2. The lowest BCUT2D eigenvalue weighted by atomic mass is 9.94. The summed E-state index contributed by atoms with van der Waals surface area (Å²) in [6, 6.07) is 12.8. The number of halogens is 3. The molecule has 2 aromatic rings. The molecule has 2 aromatic carbocycles. The average molecular weight is 481 g/mol. The van der Waals surface area contributed by atoms with E-state index in [9.17, 15) is 22.8 Å². The highest BCUT2D eigenvalue weighted by Gasteiger charge is 2.32. The fourth-order valence-corrected chi connectivity index (χ4v) is 4.81. The van der Waals surface area contributed by atoms with Crippen LogP contribution in [0, 0.1) is 0 Å². The maximum Gasteiger partial charge on any atom is 0.573 e. The van der Waals surface area contributed by atoms with Crippen molar-refractivity contribution in [3.63, 3.8) is 0 Å². The second-order valence-corrected chi connectivity index (χ2v) is 8.94. The predicted molar refractivity (Wildman–Crippen MR) is 121 cm³/mol. The Bertz CT molecular complexity index is 962. The van der Waals surface area contributed by atoms with E-state index in [1.165, 1.54) is 36.4 Å². The molecule has 0 aliphatic heterocycles. The fraction of sp³-hybridized carbons (Fsp3) is 0.417. The van der Waals surface area contributed by atoms with E-state index in [-0.39, 0.29) is 35.6 Å². The molecule has 0 radical (unpaired) electrons. The topological polar surface area (TPSA) is 58.6 Å². The van der Waals surface area contributed by atoms with Crippen LogP contribution < -0.4 is 10.1 Å². The summed E-state index contributed by atoms with van der Waals surface area (Å²) in [5.41, 5.74) is 0.572. The van der Waals surface area contributed by atoms with Gasteiger partial charge in [-0.2, -0.15) is 0 Å². The minimum absolute atomic E-state index is 0.0142. The number of rotatable bonds is 8. The molecule has 2 amide bonds. The predicted octanol–water partition coefficient (Wildman–Crippen LogP) is 5.40. The van der Waals surface area contributed by atoms with Gasteiger partial charge in [0.25, 0.3) is 5.91 Å². The number of para-hydroxylation sites is 1. The molecule has 1 fully saturated rings. The van der Waals surface area contributed by atoms with E-state index < -0.39 is 12.3 Å². The van der Waals surface area contributed by atoms with Crippen molar-refractivity contribution in [3.8, 4) is 5.75 Å². The standard InChI is InChI=1S/C24H27F3N2O3S/c1-29(18-10-3-2-4-11-18)22(30)16-33-21-14-8-6-12-19(21)23(31)28-15-17-9-5-7-13-20(17)32-24(25,26)27/h5-9,12-14,18H,2-4,10-11,15-16H2,1H3,(H,28,31). The molecule has 178 valence electrons. The van der Waals surface area contributed by atoms with Crippen LogP contribution in [0.15, 0.2) is 53.4 Å². The van der Waals surface area contributed by atoms with Crippen LogP contribution in [0.1, 0.15) is 48.0 Å². The molecule has 1 N–H and O–H groups in total. The number of benzene rings is 2. The van der Waals surface area contributed by atoms with Crippen LogP contribution in [0.2, 0.25) is 0 Å². The van der Waals surface area contributed by atoms with Crippen molar-refractivity contribution in [2.75, 3.05) is 12.8 Å². The zero-order chi connectivity index (χ0) is 23.8. The molecule has 0 spiro atoms. The number of hydrogen-bond acceptors (Lipinski definition) is 4. The average Bonchev–Trinajstić information content (AvgIpc) is 2.81. The molecular formula is C24H27F3N2O3S. The summed E-state index contributed by atoms with van der Waals surface area (Å²) in [6.07, 6.45) is 0.700. The van der Waals surface area contributed by atoms with Gasteiger partial charge in [-0.25, -0.2) is 0 Å². The normalized spacial score (nSPS) is 14.5. The first-order chi connectivity index (χ1) is 15.7. The van der Waals surface area contributed by atoms with Crippen LogP contribution in [-0.2, 0) is 11.3 Å². The highest BCUT2D eigenvalue weighted by molar-refractivity contribution is 8.00. The summed E-state index contributed by atoms with van der Waals surface area (Å²) >= 11 is 1.28. The summed E-state index contributed by atoms with van der Waals surface area (Å²) < 4.78 is 41.9. The van der Waals surface area contributed by atoms with Gasteiger partial charge in [0, 0.05) is 30.1 Å². The molecule has 1 aliphatic carbocycles.